The van der Waals surface area contributed by atoms with Crippen molar-refractivity contribution >= 4 is 5.91 Å². The molecule has 0 aliphatic carbocycles. The second-order valence-corrected chi connectivity index (χ2v) is 25.7. The normalized spacial score (nSPS) is 23.6. The molecule has 0 aromatic heterocycles. The fourth-order valence-corrected chi connectivity index (χ4v) is 12.1. The lowest BCUT2D eigenvalue weighted by Crippen LogP contribution is -2.65. The number of amides is 1. The molecule has 2 heterocycles. The van der Waals surface area contributed by atoms with E-state index in [4.69, 9.17) is 18.9 Å². The van der Waals surface area contributed by atoms with Crippen molar-refractivity contribution in [3.63, 3.8) is 0 Å². The molecule has 0 radical (unpaired) electrons. The Kier molecular flexibility index (Phi) is 53.4. The highest BCUT2D eigenvalue weighted by atomic mass is 16.7. The summed E-state index contributed by atoms with van der Waals surface area (Å²) < 4.78 is 22.9. The molecular weight excluding hydrogens is 1090 g/mol. The van der Waals surface area contributed by atoms with Gasteiger partial charge in [0, 0.05) is 6.42 Å². The van der Waals surface area contributed by atoms with Crippen LogP contribution in [0.1, 0.15) is 322 Å². The Labute approximate surface area is 525 Å². The summed E-state index contributed by atoms with van der Waals surface area (Å²) in [4.78, 5) is 13.4. The maximum absolute atomic E-state index is 13.4. The molecule has 14 heteroatoms. The van der Waals surface area contributed by atoms with Crippen molar-refractivity contribution in [2.75, 3.05) is 19.8 Å². The molecule has 86 heavy (non-hydrogen) atoms. The number of carbonyl (C=O) groups excluding carboxylic acids is 1. The predicted molar refractivity (Wildman–Crippen MR) is 351 cm³/mol. The van der Waals surface area contributed by atoms with Crippen molar-refractivity contribution < 1.29 is 64.6 Å². The third-order valence-corrected chi connectivity index (χ3v) is 17.9. The summed E-state index contributed by atoms with van der Waals surface area (Å²) in [5.41, 5.74) is 0. The molecule has 12 atom stereocenters. The van der Waals surface area contributed by atoms with E-state index in [1.807, 2.05) is 0 Å². The van der Waals surface area contributed by atoms with Gasteiger partial charge in [-0.1, -0.05) is 301 Å². The third kappa shape index (κ3) is 40.8. The number of allylic oxidation sites excluding steroid dienone is 6. The molecule has 506 valence electrons. The van der Waals surface area contributed by atoms with Crippen molar-refractivity contribution in [3.05, 3.63) is 36.5 Å². The molecule has 0 spiro atoms. The highest BCUT2D eigenvalue weighted by Gasteiger charge is 2.51. The molecule has 2 fully saturated rings. The summed E-state index contributed by atoms with van der Waals surface area (Å²) in [6.45, 7) is 2.90. The van der Waals surface area contributed by atoms with E-state index in [0.717, 1.165) is 64.2 Å². The van der Waals surface area contributed by atoms with Gasteiger partial charge < -0.3 is 65.1 Å². The van der Waals surface area contributed by atoms with E-state index >= 15 is 0 Å². The van der Waals surface area contributed by atoms with Gasteiger partial charge >= 0.3 is 0 Å². The second kappa shape index (κ2) is 57.1. The largest absolute Gasteiger partial charge is 0.394 e. The van der Waals surface area contributed by atoms with Gasteiger partial charge in [0.05, 0.1) is 32.0 Å². The number of ether oxygens (including phenoxy) is 4. The molecule has 9 N–H and O–H groups in total. The number of aliphatic hydroxyl groups excluding tert-OH is 8. The van der Waals surface area contributed by atoms with E-state index in [1.54, 1.807) is 0 Å². The quantitative estimate of drug-likeness (QED) is 0.0204. The maximum atomic E-state index is 13.4. The first-order chi connectivity index (χ1) is 42.1. The Balaban J connectivity index is 1.66. The third-order valence-electron chi connectivity index (χ3n) is 17.9. The number of unbranched alkanes of at least 4 members (excludes halogenated alkanes) is 41. The van der Waals surface area contributed by atoms with Crippen molar-refractivity contribution in [1.29, 1.82) is 0 Å². The van der Waals surface area contributed by atoms with Crippen LogP contribution in [0.3, 0.4) is 0 Å². The van der Waals surface area contributed by atoms with Gasteiger partial charge in [-0.25, -0.2) is 0 Å². The lowest BCUT2D eigenvalue weighted by atomic mass is 9.97. The van der Waals surface area contributed by atoms with Crippen LogP contribution in [-0.2, 0) is 23.7 Å². The lowest BCUT2D eigenvalue weighted by Gasteiger charge is -2.46. The van der Waals surface area contributed by atoms with Gasteiger partial charge in [0.25, 0.3) is 0 Å². The Hall–Kier alpha value is -1.79. The Morgan fingerprint density at radius 1 is 0.419 bits per heavy atom. The predicted octanol–water partition coefficient (Wildman–Crippen LogP) is 14.9. The Morgan fingerprint density at radius 2 is 0.767 bits per heavy atom. The zero-order chi connectivity index (χ0) is 62.3. The van der Waals surface area contributed by atoms with Crippen LogP contribution >= 0.6 is 0 Å². The standard InChI is InChI=1S/C72H135NO13/c1-3-5-7-9-11-13-15-17-19-21-23-25-27-28-29-30-31-32-34-36-38-40-42-44-46-48-50-52-54-56-64(77)73-60(59-83-71-69(82)67(80)70(63(58-75)85-71)86-72-68(81)66(79)65(78)62(57-74)84-72)61(76)55-53-51-49-47-45-43-41-39-37-35-33-26-24-22-20-18-16-14-12-10-8-6-4-2/h15,17,21,23,27-28,60-63,65-72,74-76,78-82H,3-14,16,18-20,22,24-26,29-59H2,1-2H3,(H,73,77)/b17-15-,23-21-,28-27-. The first kappa shape index (κ1) is 80.3. The summed E-state index contributed by atoms with van der Waals surface area (Å²) >= 11 is 0. The molecule has 0 saturated carbocycles. The summed E-state index contributed by atoms with van der Waals surface area (Å²) in [5, 5.41) is 87.7. The molecule has 0 aromatic rings. The van der Waals surface area contributed by atoms with Crippen LogP contribution in [0.15, 0.2) is 36.5 Å². The SMILES string of the molecule is CCCCCCC/C=C\C/C=C\C/C=C\CCCCCCCCCCCCCCCCC(=O)NC(COC1OC(CO)C(OC2OC(CO)C(O)C(O)C2O)C(O)C1O)C(O)CCCCCCCCCCCCCCCCCCCCCCCCC. The minimum absolute atomic E-state index is 0.203. The van der Waals surface area contributed by atoms with Gasteiger partial charge in [-0.05, 0) is 51.4 Å². The fourth-order valence-electron chi connectivity index (χ4n) is 12.1. The van der Waals surface area contributed by atoms with Crippen molar-refractivity contribution in [3.8, 4) is 0 Å². The number of hydrogen-bond acceptors (Lipinski definition) is 13. The van der Waals surface area contributed by atoms with E-state index in [0.29, 0.717) is 12.8 Å². The van der Waals surface area contributed by atoms with Crippen LogP contribution in [0.5, 0.6) is 0 Å². The minimum Gasteiger partial charge on any atom is -0.394 e. The van der Waals surface area contributed by atoms with E-state index in [9.17, 15) is 45.6 Å². The number of hydrogen-bond donors (Lipinski definition) is 9. The first-order valence-corrected chi connectivity index (χ1v) is 36.2. The van der Waals surface area contributed by atoms with Crippen LogP contribution in [0.4, 0.5) is 0 Å². The summed E-state index contributed by atoms with van der Waals surface area (Å²) in [5.74, 6) is -0.203. The average molecular weight is 1220 g/mol. The van der Waals surface area contributed by atoms with Gasteiger partial charge in [0.1, 0.15) is 48.8 Å². The van der Waals surface area contributed by atoms with Gasteiger partial charge in [-0.15, -0.1) is 0 Å². The molecule has 2 aliphatic heterocycles. The maximum Gasteiger partial charge on any atom is 0.220 e. The lowest BCUT2D eigenvalue weighted by molar-refractivity contribution is -0.359. The number of rotatable bonds is 60. The van der Waals surface area contributed by atoms with E-state index in [1.165, 1.54) is 231 Å². The van der Waals surface area contributed by atoms with Gasteiger partial charge in [0.2, 0.25) is 5.91 Å². The minimum atomic E-state index is -1.78. The number of carbonyl (C=O) groups is 1. The Morgan fingerprint density at radius 3 is 1.17 bits per heavy atom. The zero-order valence-corrected chi connectivity index (χ0v) is 55.1. The smallest absolute Gasteiger partial charge is 0.220 e. The van der Waals surface area contributed by atoms with Gasteiger partial charge in [-0.3, -0.25) is 4.79 Å². The monoisotopic (exact) mass is 1220 g/mol. The van der Waals surface area contributed by atoms with Gasteiger partial charge in [0.15, 0.2) is 12.6 Å². The van der Waals surface area contributed by atoms with Crippen LogP contribution in [0.2, 0.25) is 0 Å². The van der Waals surface area contributed by atoms with Crippen molar-refractivity contribution in [2.45, 2.75) is 396 Å². The van der Waals surface area contributed by atoms with E-state index < -0.39 is 86.8 Å². The van der Waals surface area contributed by atoms with Crippen molar-refractivity contribution in [1.82, 2.24) is 5.32 Å². The Bertz CT molecular complexity index is 1580. The van der Waals surface area contributed by atoms with Crippen LogP contribution < -0.4 is 5.32 Å². The summed E-state index contributed by atoms with van der Waals surface area (Å²) in [6, 6.07) is -0.830. The highest BCUT2D eigenvalue weighted by molar-refractivity contribution is 5.76. The first-order valence-electron chi connectivity index (χ1n) is 36.2. The zero-order valence-electron chi connectivity index (χ0n) is 55.1. The summed E-state index contributed by atoms with van der Waals surface area (Å²) in [7, 11) is 0. The molecule has 2 saturated heterocycles. The molecular formula is C72H135NO13. The molecule has 1 amide bonds. The number of aliphatic hydroxyl groups is 8. The van der Waals surface area contributed by atoms with E-state index in [-0.39, 0.29) is 12.5 Å². The molecule has 0 bridgehead atoms. The molecule has 14 nitrogen and oxygen atoms in total. The van der Waals surface area contributed by atoms with Gasteiger partial charge in [-0.2, -0.15) is 0 Å². The highest BCUT2D eigenvalue weighted by Crippen LogP contribution is 2.30. The van der Waals surface area contributed by atoms with Crippen molar-refractivity contribution in [2.24, 2.45) is 0 Å². The summed E-state index contributed by atoms with van der Waals surface area (Å²) in [6.07, 6.45) is 55.8. The molecule has 12 unspecified atom stereocenters. The second-order valence-electron chi connectivity index (χ2n) is 25.7. The fraction of sp³-hybridized carbons (Fsp3) is 0.903. The van der Waals surface area contributed by atoms with E-state index in [2.05, 4.69) is 55.6 Å². The topological polar surface area (TPSA) is 228 Å². The van der Waals surface area contributed by atoms with Crippen LogP contribution in [-0.4, -0.2) is 140 Å². The molecule has 2 aliphatic rings. The number of nitrogens with one attached hydrogen (secondary N) is 1. The average Bonchev–Trinajstić information content (AvgIpc) is 2.53. The van der Waals surface area contributed by atoms with Crippen LogP contribution in [0, 0.1) is 0 Å². The molecule has 0 aromatic carbocycles. The van der Waals surface area contributed by atoms with Crippen LogP contribution in [0.25, 0.3) is 0 Å². The molecule has 2 rings (SSSR count).